The highest BCUT2D eigenvalue weighted by Gasteiger charge is 2.02. The van der Waals surface area contributed by atoms with Crippen LogP contribution in [0.15, 0.2) is 24.3 Å². The fourth-order valence-corrected chi connectivity index (χ4v) is 0.967. The molecule has 0 bridgehead atoms. The molecule has 0 aliphatic rings. The summed E-state index contributed by atoms with van der Waals surface area (Å²) in [5, 5.41) is 10.2. The van der Waals surface area contributed by atoms with Crippen molar-refractivity contribution in [3.8, 4) is 0 Å². The normalized spacial score (nSPS) is 9.75. The average molecular weight is 187 g/mol. The number of benzene rings is 1. The Morgan fingerprint density at radius 3 is 2.42 bits per heavy atom. The number of nitro benzene ring substituents is 1. The molecule has 0 atom stereocenters. The van der Waals surface area contributed by atoms with Crippen molar-refractivity contribution in [2.24, 2.45) is 0 Å². The lowest BCUT2D eigenvalue weighted by Gasteiger charge is -1.96. The van der Waals surface area contributed by atoms with Crippen molar-refractivity contribution in [1.29, 1.82) is 0 Å². The van der Waals surface area contributed by atoms with Crippen molar-refractivity contribution in [1.82, 2.24) is 4.84 Å². The molecule has 1 aromatic carbocycles. The third-order valence-electron chi connectivity index (χ3n) is 1.42. The van der Waals surface area contributed by atoms with Crippen LogP contribution >= 0.6 is 11.8 Å². The van der Waals surface area contributed by atoms with E-state index < -0.39 is 4.92 Å². The lowest BCUT2D eigenvalue weighted by molar-refractivity contribution is -0.384. The van der Waals surface area contributed by atoms with Crippen LogP contribution < -0.4 is 4.84 Å². The molecule has 0 aliphatic carbocycles. The standard InChI is InChI=1S/C7H7ClN2O2/c8-9-5-6-1-3-7(4-2-6)10(11)12/h1-4,9H,5H2. The molecular formula is C7H7ClN2O2. The van der Waals surface area contributed by atoms with E-state index in [1.165, 1.54) is 12.1 Å². The summed E-state index contributed by atoms with van der Waals surface area (Å²) in [7, 11) is 0. The molecule has 1 aromatic rings. The highest BCUT2D eigenvalue weighted by molar-refractivity contribution is 6.13. The minimum atomic E-state index is -0.433. The molecular weight excluding hydrogens is 180 g/mol. The van der Waals surface area contributed by atoms with Crippen LogP contribution in [0.25, 0.3) is 0 Å². The molecule has 12 heavy (non-hydrogen) atoms. The molecule has 5 heteroatoms. The molecule has 1 N–H and O–H groups in total. The van der Waals surface area contributed by atoms with E-state index in [1.807, 2.05) is 0 Å². The third-order valence-corrected chi connectivity index (χ3v) is 1.55. The maximum Gasteiger partial charge on any atom is 0.269 e. The minimum Gasteiger partial charge on any atom is -0.258 e. The number of halogens is 1. The summed E-state index contributed by atoms with van der Waals surface area (Å²) >= 11 is 5.25. The van der Waals surface area contributed by atoms with Gasteiger partial charge in [0.2, 0.25) is 0 Å². The zero-order valence-corrected chi connectivity index (χ0v) is 6.91. The number of nitrogens with zero attached hydrogens (tertiary/aromatic N) is 1. The van der Waals surface area contributed by atoms with Gasteiger partial charge in [-0.15, -0.1) is 0 Å². The zero-order valence-electron chi connectivity index (χ0n) is 6.16. The van der Waals surface area contributed by atoms with Crippen molar-refractivity contribution < 1.29 is 4.92 Å². The number of hydrogen-bond donors (Lipinski definition) is 1. The number of nitro groups is 1. The van der Waals surface area contributed by atoms with Crippen LogP contribution in [0.2, 0.25) is 0 Å². The fourth-order valence-electron chi connectivity index (χ4n) is 0.813. The monoisotopic (exact) mass is 186 g/mol. The summed E-state index contributed by atoms with van der Waals surface area (Å²) in [6.07, 6.45) is 0. The van der Waals surface area contributed by atoms with E-state index in [4.69, 9.17) is 11.8 Å². The van der Waals surface area contributed by atoms with Gasteiger partial charge in [-0.1, -0.05) is 12.1 Å². The molecule has 0 saturated heterocycles. The largest absolute Gasteiger partial charge is 0.269 e. The first-order valence-electron chi connectivity index (χ1n) is 3.31. The summed E-state index contributed by atoms with van der Waals surface area (Å²) in [5.74, 6) is 0. The van der Waals surface area contributed by atoms with Crippen molar-refractivity contribution >= 4 is 17.5 Å². The van der Waals surface area contributed by atoms with E-state index in [1.54, 1.807) is 12.1 Å². The quantitative estimate of drug-likeness (QED) is 0.445. The Labute approximate surface area is 74.4 Å². The van der Waals surface area contributed by atoms with E-state index in [0.717, 1.165) is 5.56 Å². The van der Waals surface area contributed by atoms with Gasteiger partial charge in [0.25, 0.3) is 5.69 Å². The highest BCUT2D eigenvalue weighted by atomic mass is 35.5. The van der Waals surface area contributed by atoms with Crippen LogP contribution in [0.5, 0.6) is 0 Å². The Morgan fingerprint density at radius 1 is 1.42 bits per heavy atom. The molecule has 4 nitrogen and oxygen atoms in total. The smallest absolute Gasteiger partial charge is 0.258 e. The second kappa shape index (κ2) is 4.04. The van der Waals surface area contributed by atoms with Gasteiger partial charge in [0.1, 0.15) is 0 Å². The minimum absolute atomic E-state index is 0.0910. The molecule has 0 aliphatic heterocycles. The van der Waals surface area contributed by atoms with E-state index in [9.17, 15) is 10.1 Å². The summed E-state index contributed by atoms with van der Waals surface area (Å²) < 4.78 is 0. The Kier molecular flexibility index (Phi) is 3.01. The maximum atomic E-state index is 10.2. The maximum absolute atomic E-state index is 10.2. The molecule has 1 rings (SSSR count). The SMILES string of the molecule is O=[N+]([O-])c1ccc(CNCl)cc1. The topological polar surface area (TPSA) is 55.2 Å². The number of non-ortho nitro benzene ring substituents is 1. The summed E-state index contributed by atoms with van der Waals surface area (Å²) in [5.41, 5.74) is 1.00. The Balaban J connectivity index is 2.78. The molecule has 0 spiro atoms. The fraction of sp³-hybridized carbons (Fsp3) is 0.143. The lowest BCUT2D eigenvalue weighted by atomic mass is 10.2. The number of rotatable bonds is 3. The van der Waals surface area contributed by atoms with Crippen molar-refractivity contribution in [3.63, 3.8) is 0 Å². The van der Waals surface area contributed by atoms with Gasteiger partial charge in [-0.25, -0.2) is 4.84 Å². The van der Waals surface area contributed by atoms with E-state index >= 15 is 0 Å². The Hall–Kier alpha value is -1.13. The summed E-state index contributed by atoms with van der Waals surface area (Å²) in [6, 6.07) is 6.22. The Morgan fingerprint density at radius 2 is 2.00 bits per heavy atom. The van der Waals surface area contributed by atoms with E-state index in [-0.39, 0.29) is 5.69 Å². The van der Waals surface area contributed by atoms with Crippen molar-refractivity contribution in [2.45, 2.75) is 6.54 Å². The second-order valence-corrected chi connectivity index (χ2v) is 2.50. The second-order valence-electron chi connectivity index (χ2n) is 2.23. The van der Waals surface area contributed by atoms with Crippen LogP contribution in [0.4, 0.5) is 5.69 Å². The van der Waals surface area contributed by atoms with Gasteiger partial charge in [-0.05, 0) is 17.3 Å². The van der Waals surface area contributed by atoms with Gasteiger partial charge in [0, 0.05) is 18.7 Å². The lowest BCUT2D eigenvalue weighted by Crippen LogP contribution is -1.98. The van der Waals surface area contributed by atoms with Crippen LogP contribution in [0.3, 0.4) is 0 Å². The molecule has 0 fully saturated rings. The van der Waals surface area contributed by atoms with E-state index in [0.29, 0.717) is 6.54 Å². The first kappa shape index (κ1) is 8.96. The first-order valence-corrected chi connectivity index (χ1v) is 3.68. The molecule has 64 valence electrons. The van der Waals surface area contributed by atoms with Gasteiger partial charge < -0.3 is 0 Å². The van der Waals surface area contributed by atoms with E-state index in [2.05, 4.69) is 4.84 Å². The van der Waals surface area contributed by atoms with Crippen LogP contribution in [0, 0.1) is 10.1 Å². The van der Waals surface area contributed by atoms with Gasteiger partial charge in [0.15, 0.2) is 0 Å². The summed E-state index contributed by atoms with van der Waals surface area (Å²) in [4.78, 5) is 12.2. The van der Waals surface area contributed by atoms with Gasteiger partial charge in [-0.3, -0.25) is 10.1 Å². The number of nitrogens with one attached hydrogen (secondary N) is 1. The van der Waals surface area contributed by atoms with Crippen LogP contribution in [-0.4, -0.2) is 4.92 Å². The molecule has 0 saturated carbocycles. The third kappa shape index (κ3) is 2.18. The molecule has 0 heterocycles. The average Bonchev–Trinajstić information content (AvgIpc) is 2.06. The molecule has 0 radical (unpaired) electrons. The van der Waals surface area contributed by atoms with Crippen LogP contribution in [-0.2, 0) is 6.54 Å². The van der Waals surface area contributed by atoms with Crippen molar-refractivity contribution in [3.05, 3.63) is 39.9 Å². The van der Waals surface area contributed by atoms with Gasteiger partial charge in [-0.2, -0.15) is 0 Å². The van der Waals surface area contributed by atoms with Gasteiger partial charge in [0.05, 0.1) is 4.92 Å². The van der Waals surface area contributed by atoms with Crippen LogP contribution in [0.1, 0.15) is 5.56 Å². The molecule has 0 amide bonds. The predicted molar refractivity (Wildman–Crippen MR) is 45.8 cm³/mol. The molecule has 0 aromatic heterocycles. The first-order chi connectivity index (χ1) is 5.74. The van der Waals surface area contributed by atoms with Gasteiger partial charge >= 0.3 is 0 Å². The highest BCUT2D eigenvalue weighted by Crippen LogP contribution is 2.11. The molecule has 0 unspecified atom stereocenters. The predicted octanol–water partition coefficient (Wildman–Crippen LogP) is 1.84. The zero-order chi connectivity index (χ0) is 8.97. The Bertz CT molecular complexity index is 273. The summed E-state index contributed by atoms with van der Waals surface area (Å²) in [6.45, 7) is 0.500. The van der Waals surface area contributed by atoms with Crippen molar-refractivity contribution in [2.75, 3.05) is 0 Å². The number of hydrogen-bond acceptors (Lipinski definition) is 3.